The van der Waals surface area contributed by atoms with E-state index in [1.807, 2.05) is 19.0 Å². The second-order valence-electron chi connectivity index (χ2n) is 6.72. The first-order chi connectivity index (χ1) is 12.7. The van der Waals surface area contributed by atoms with E-state index in [9.17, 15) is 13.2 Å². The fourth-order valence-corrected chi connectivity index (χ4v) is 4.05. The number of nitrogens with one attached hydrogen (secondary N) is 2. The highest BCUT2D eigenvalue weighted by atomic mass is 32.2. The summed E-state index contributed by atoms with van der Waals surface area (Å²) in [6.45, 7) is 3.47. The van der Waals surface area contributed by atoms with Crippen molar-refractivity contribution in [2.75, 3.05) is 30.9 Å². The number of amides is 1. The van der Waals surface area contributed by atoms with Gasteiger partial charge in [0.2, 0.25) is 15.9 Å². The summed E-state index contributed by atoms with van der Waals surface area (Å²) in [5, 5.41) is 2.61. The molecule has 0 unspecified atom stereocenters. The van der Waals surface area contributed by atoms with Crippen molar-refractivity contribution in [3.63, 3.8) is 0 Å². The highest BCUT2D eigenvalue weighted by Gasteiger charge is 2.17. The highest BCUT2D eigenvalue weighted by molar-refractivity contribution is 7.89. The van der Waals surface area contributed by atoms with Crippen LogP contribution in [0.25, 0.3) is 0 Å². The molecule has 6 nitrogen and oxygen atoms in total. The van der Waals surface area contributed by atoms with E-state index in [-0.39, 0.29) is 10.8 Å². The highest BCUT2D eigenvalue weighted by Crippen LogP contribution is 2.20. The molecule has 7 heteroatoms. The van der Waals surface area contributed by atoms with Crippen molar-refractivity contribution < 1.29 is 13.2 Å². The second kappa shape index (κ2) is 9.01. The van der Waals surface area contributed by atoms with Crippen LogP contribution in [0.2, 0.25) is 0 Å². The third-order valence-corrected chi connectivity index (χ3v) is 5.79. The molecule has 0 aliphatic carbocycles. The van der Waals surface area contributed by atoms with E-state index in [1.165, 1.54) is 18.6 Å². The normalized spacial score (nSPS) is 11.3. The summed E-state index contributed by atoms with van der Waals surface area (Å²) in [6.07, 6.45) is 1.49. The molecule has 0 aliphatic heterocycles. The van der Waals surface area contributed by atoms with Gasteiger partial charge in [-0.15, -0.1) is 0 Å². The molecule has 0 spiro atoms. The Morgan fingerprint density at radius 2 is 1.74 bits per heavy atom. The zero-order chi connectivity index (χ0) is 20.0. The average Bonchev–Trinajstić information content (AvgIpc) is 2.60. The molecule has 2 aromatic rings. The summed E-state index contributed by atoms with van der Waals surface area (Å²) in [6, 6.07) is 13.1. The lowest BCUT2D eigenvalue weighted by atomic mass is 10.1. The van der Waals surface area contributed by atoms with E-state index in [1.54, 1.807) is 19.1 Å². The number of benzene rings is 2. The van der Waals surface area contributed by atoms with Gasteiger partial charge in [-0.1, -0.05) is 18.2 Å². The molecule has 0 atom stereocenters. The predicted molar refractivity (Wildman–Crippen MR) is 110 cm³/mol. The lowest BCUT2D eigenvalue weighted by molar-refractivity contribution is -0.114. The molecule has 0 aliphatic rings. The van der Waals surface area contributed by atoms with Crippen molar-refractivity contribution in [1.82, 2.24) is 4.72 Å². The van der Waals surface area contributed by atoms with Crippen molar-refractivity contribution in [3.8, 4) is 0 Å². The number of anilines is 2. The summed E-state index contributed by atoms with van der Waals surface area (Å²) in [5.74, 6) is -0.240. The van der Waals surface area contributed by atoms with Crippen LogP contribution < -0.4 is 14.9 Å². The maximum atomic E-state index is 12.6. The van der Waals surface area contributed by atoms with E-state index in [0.29, 0.717) is 24.2 Å². The third-order valence-electron chi connectivity index (χ3n) is 4.19. The minimum Gasteiger partial charge on any atom is -0.378 e. The molecule has 146 valence electrons. The van der Waals surface area contributed by atoms with Crippen molar-refractivity contribution in [2.45, 2.75) is 31.6 Å². The Labute approximate surface area is 161 Å². The average molecular weight is 390 g/mol. The maximum Gasteiger partial charge on any atom is 0.240 e. The number of carbonyl (C=O) groups is 1. The monoisotopic (exact) mass is 389 g/mol. The number of rotatable bonds is 8. The largest absolute Gasteiger partial charge is 0.378 e. The molecule has 0 aromatic heterocycles. The molecule has 0 heterocycles. The topological polar surface area (TPSA) is 78.5 Å². The summed E-state index contributed by atoms with van der Waals surface area (Å²) >= 11 is 0. The van der Waals surface area contributed by atoms with Crippen LogP contribution in [0, 0.1) is 6.92 Å². The lowest BCUT2D eigenvalue weighted by Gasteiger charge is -2.13. The van der Waals surface area contributed by atoms with Gasteiger partial charge < -0.3 is 10.2 Å². The summed E-state index contributed by atoms with van der Waals surface area (Å²) in [4.78, 5) is 13.4. The SMILES string of the molecule is CC(=O)Nc1ccc(C)c(S(=O)(=O)NCCCc2ccc(N(C)C)cc2)c1. The zero-order valence-corrected chi connectivity index (χ0v) is 17.1. The summed E-state index contributed by atoms with van der Waals surface area (Å²) < 4.78 is 27.8. The number of hydrogen-bond acceptors (Lipinski definition) is 4. The van der Waals surface area contributed by atoms with Crippen molar-refractivity contribution >= 4 is 27.3 Å². The molecule has 2 aromatic carbocycles. The zero-order valence-electron chi connectivity index (χ0n) is 16.2. The van der Waals surface area contributed by atoms with E-state index < -0.39 is 10.0 Å². The fraction of sp³-hybridized carbons (Fsp3) is 0.350. The Morgan fingerprint density at radius 1 is 1.07 bits per heavy atom. The Morgan fingerprint density at radius 3 is 2.33 bits per heavy atom. The van der Waals surface area contributed by atoms with Crippen LogP contribution in [-0.2, 0) is 21.2 Å². The van der Waals surface area contributed by atoms with Crippen LogP contribution >= 0.6 is 0 Å². The standard InChI is InChI=1S/C20H27N3O3S/c1-15-7-10-18(22-16(2)24)14-20(15)27(25,26)21-13-5-6-17-8-11-19(12-9-17)23(3)4/h7-12,14,21H,5-6,13H2,1-4H3,(H,22,24). The molecule has 0 fully saturated rings. The molecule has 0 bridgehead atoms. The van der Waals surface area contributed by atoms with Crippen molar-refractivity contribution in [1.29, 1.82) is 0 Å². The van der Waals surface area contributed by atoms with Gasteiger partial charge in [-0.25, -0.2) is 13.1 Å². The summed E-state index contributed by atoms with van der Waals surface area (Å²) in [7, 11) is 0.356. The molecule has 2 rings (SSSR count). The number of sulfonamides is 1. The van der Waals surface area contributed by atoms with E-state index in [2.05, 4.69) is 34.3 Å². The van der Waals surface area contributed by atoms with E-state index in [0.717, 1.165) is 12.1 Å². The number of hydrogen-bond donors (Lipinski definition) is 2. The number of aryl methyl sites for hydroxylation is 2. The lowest BCUT2D eigenvalue weighted by Crippen LogP contribution is -2.26. The van der Waals surface area contributed by atoms with Crippen LogP contribution in [0.15, 0.2) is 47.4 Å². The van der Waals surface area contributed by atoms with Crippen LogP contribution in [0.3, 0.4) is 0 Å². The Bertz CT molecular complexity index is 891. The fourth-order valence-electron chi connectivity index (χ4n) is 2.71. The van der Waals surface area contributed by atoms with Gasteiger partial charge in [0.25, 0.3) is 0 Å². The molecular formula is C20H27N3O3S. The van der Waals surface area contributed by atoms with Gasteiger partial charge >= 0.3 is 0 Å². The van der Waals surface area contributed by atoms with Gasteiger partial charge in [0, 0.05) is 38.9 Å². The van der Waals surface area contributed by atoms with Gasteiger partial charge in [0.15, 0.2) is 0 Å². The third kappa shape index (κ3) is 6.08. The van der Waals surface area contributed by atoms with E-state index in [4.69, 9.17) is 0 Å². The number of carbonyl (C=O) groups excluding carboxylic acids is 1. The first-order valence-electron chi connectivity index (χ1n) is 8.83. The minimum atomic E-state index is -3.63. The van der Waals surface area contributed by atoms with Crippen LogP contribution in [0.1, 0.15) is 24.5 Å². The van der Waals surface area contributed by atoms with Gasteiger partial charge in [0.1, 0.15) is 0 Å². The maximum absolute atomic E-state index is 12.6. The molecule has 27 heavy (non-hydrogen) atoms. The molecule has 0 saturated carbocycles. The van der Waals surface area contributed by atoms with Gasteiger partial charge in [-0.05, 0) is 55.2 Å². The first-order valence-corrected chi connectivity index (χ1v) is 10.3. The van der Waals surface area contributed by atoms with Crippen molar-refractivity contribution in [2.24, 2.45) is 0 Å². The predicted octanol–water partition coefficient (Wildman–Crippen LogP) is 2.93. The Balaban J connectivity index is 1.95. The quantitative estimate of drug-likeness (QED) is 0.681. The molecule has 1 amide bonds. The smallest absolute Gasteiger partial charge is 0.240 e. The van der Waals surface area contributed by atoms with Crippen LogP contribution in [-0.4, -0.2) is 35.0 Å². The number of nitrogens with zero attached hydrogens (tertiary/aromatic N) is 1. The Hall–Kier alpha value is -2.38. The summed E-state index contributed by atoms with van der Waals surface area (Å²) in [5.41, 5.74) is 3.41. The van der Waals surface area contributed by atoms with Crippen molar-refractivity contribution in [3.05, 3.63) is 53.6 Å². The van der Waals surface area contributed by atoms with Gasteiger partial charge in [-0.2, -0.15) is 0 Å². The van der Waals surface area contributed by atoms with Gasteiger partial charge in [0.05, 0.1) is 4.90 Å². The van der Waals surface area contributed by atoms with Crippen LogP contribution in [0.4, 0.5) is 11.4 Å². The van der Waals surface area contributed by atoms with E-state index >= 15 is 0 Å². The molecule has 0 radical (unpaired) electrons. The Kier molecular flexibility index (Phi) is 6.98. The van der Waals surface area contributed by atoms with Crippen LogP contribution in [0.5, 0.6) is 0 Å². The minimum absolute atomic E-state index is 0.184. The molecule has 0 saturated heterocycles. The van der Waals surface area contributed by atoms with Gasteiger partial charge in [-0.3, -0.25) is 4.79 Å². The molecular weight excluding hydrogens is 362 g/mol. The first kappa shape index (κ1) is 20.9. The second-order valence-corrected chi connectivity index (χ2v) is 8.46. The molecule has 2 N–H and O–H groups in total.